The fourth-order valence-electron chi connectivity index (χ4n) is 2.83. The van der Waals surface area contributed by atoms with Crippen LogP contribution in [0, 0.1) is 5.41 Å². The second-order valence-corrected chi connectivity index (χ2v) is 9.84. The summed E-state index contributed by atoms with van der Waals surface area (Å²) in [5.41, 5.74) is 0.171. The molecule has 0 aliphatic carbocycles. The molecule has 0 unspecified atom stereocenters. The van der Waals surface area contributed by atoms with Crippen molar-refractivity contribution in [3.63, 3.8) is 0 Å². The van der Waals surface area contributed by atoms with E-state index < -0.39 is 37.5 Å². The average Bonchev–Trinajstić information content (AvgIpc) is 2.74. The van der Waals surface area contributed by atoms with Crippen LogP contribution in [0.2, 0.25) is 0 Å². The molecule has 1 heterocycles. The zero-order chi connectivity index (χ0) is 22.9. The van der Waals surface area contributed by atoms with Gasteiger partial charge in [-0.05, 0) is 0 Å². The zero-order valence-corrected chi connectivity index (χ0v) is 19.0. The summed E-state index contributed by atoms with van der Waals surface area (Å²) in [6.07, 6.45) is -0.973. The number of carbonyl (C=O) groups excluding carboxylic acids is 3. The molecule has 1 aliphatic heterocycles. The Bertz CT molecular complexity index is 761. The van der Waals surface area contributed by atoms with Crippen molar-refractivity contribution in [2.45, 2.75) is 39.4 Å². The quantitative estimate of drug-likeness (QED) is 0.350. The van der Waals surface area contributed by atoms with Crippen LogP contribution in [0.4, 0.5) is 0 Å². The molecule has 1 saturated heterocycles. The topological polar surface area (TPSA) is 132 Å². The van der Waals surface area contributed by atoms with Gasteiger partial charge in [-0.15, -0.1) is 0 Å². The van der Waals surface area contributed by atoms with Crippen molar-refractivity contribution in [3.05, 3.63) is 35.9 Å². The average molecular weight is 458 g/mol. The van der Waals surface area contributed by atoms with Crippen molar-refractivity contribution >= 4 is 25.9 Å². The molecule has 1 fully saturated rings. The minimum atomic E-state index is -3.88. The Balaban J connectivity index is 1.80. The molecule has 0 aromatic heterocycles. The number of methoxy groups -OCH3 is 1. The third kappa shape index (κ3) is 8.16. The molecule has 1 aromatic rings. The molecule has 1 aliphatic rings. The number of carbonyl (C=O) groups is 3. The number of nitrogens with one attached hydrogen (secondary N) is 2. The van der Waals surface area contributed by atoms with E-state index in [4.69, 9.17) is 13.8 Å². The number of rotatable bonds is 10. The van der Waals surface area contributed by atoms with Crippen LogP contribution in [0.15, 0.2) is 30.3 Å². The summed E-state index contributed by atoms with van der Waals surface area (Å²) >= 11 is 0. The monoisotopic (exact) mass is 458 g/mol. The summed E-state index contributed by atoms with van der Waals surface area (Å²) < 4.78 is 20.8. The van der Waals surface area contributed by atoms with Gasteiger partial charge in [-0.2, -0.15) is 0 Å². The van der Waals surface area contributed by atoms with Gasteiger partial charge in [0.1, 0.15) is 0 Å². The van der Waals surface area contributed by atoms with E-state index in [0.29, 0.717) is 0 Å². The maximum atomic E-state index is 12.5. The van der Waals surface area contributed by atoms with Crippen molar-refractivity contribution in [1.82, 2.24) is 10.4 Å². The van der Waals surface area contributed by atoms with E-state index in [-0.39, 0.29) is 39.1 Å². The van der Waals surface area contributed by atoms with E-state index in [1.54, 1.807) is 13.8 Å². The number of esters is 2. The first-order valence-corrected chi connectivity index (χ1v) is 11.7. The Morgan fingerprint density at radius 1 is 1.16 bits per heavy atom. The van der Waals surface area contributed by atoms with E-state index in [0.717, 1.165) is 5.56 Å². The molecule has 1 amide bonds. The molecule has 0 spiro atoms. The normalized spacial score (nSPS) is 20.3. The Kier molecular flexibility index (Phi) is 9.33. The van der Waals surface area contributed by atoms with E-state index in [1.807, 2.05) is 30.3 Å². The summed E-state index contributed by atoms with van der Waals surface area (Å²) in [6.45, 7) is 3.93. The second kappa shape index (κ2) is 11.5. The molecular formula is C20H31N2O8P. The summed E-state index contributed by atoms with van der Waals surface area (Å²) in [5, 5.41) is 5.33. The zero-order valence-electron chi connectivity index (χ0n) is 18.0. The fourth-order valence-corrected chi connectivity index (χ4v) is 4.84. The van der Waals surface area contributed by atoms with Gasteiger partial charge >= 0.3 is 182 Å². The van der Waals surface area contributed by atoms with Gasteiger partial charge in [0.15, 0.2) is 0 Å². The molecule has 1 aromatic carbocycles. The summed E-state index contributed by atoms with van der Waals surface area (Å²) in [5.74, 6) is -1.35. The molecule has 10 nitrogen and oxygen atoms in total. The standard InChI is InChI=1S/C20H31N2O8P/c1-20(2)14-29-31(26,30-18(20)19(25)21-11-9-16(23)27-3)22-12-10-17(24)28-13-15-7-5-4-6-8-15/h4-8,18,22,26,31H,9-14H2,1-3H3,(H,21,25)/t18-/m0/s1. The van der Waals surface area contributed by atoms with Gasteiger partial charge in [0, 0.05) is 0 Å². The number of hydrogen-bond acceptors (Lipinski definition) is 9. The van der Waals surface area contributed by atoms with Crippen molar-refractivity contribution in [2.24, 2.45) is 5.41 Å². The van der Waals surface area contributed by atoms with Gasteiger partial charge in [-0.3, -0.25) is 0 Å². The van der Waals surface area contributed by atoms with Gasteiger partial charge in [-0.1, -0.05) is 0 Å². The van der Waals surface area contributed by atoms with E-state index in [2.05, 4.69) is 15.1 Å². The van der Waals surface area contributed by atoms with E-state index in [9.17, 15) is 19.3 Å². The molecule has 0 bridgehead atoms. The first-order chi connectivity index (χ1) is 14.6. The van der Waals surface area contributed by atoms with Gasteiger partial charge in [0.25, 0.3) is 0 Å². The summed E-state index contributed by atoms with van der Waals surface area (Å²) in [7, 11) is -2.62. The number of ether oxygens (including phenoxy) is 2. The van der Waals surface area contributed by atoms with Crippen LogP contribution in [-0.4, -0.2) is 55.6 Å². The Hall–Kier alpha value is -2.10. The van der Waals surface area contributed by atoms with Crippen LogP contribution in [0.5, 0.6) is 0 Å². The van der Waals surface area contributed by atoms with Crippen LogP contribution in [0.1, 0.15) is 32.3 Å². The predicted octanol–water partition coefficient (Wildman–Crippen LogP) is 1.23. The first-order valence-electron chi connectivity index (χ1n) is 9.98. The molecule has 174 valence electrons. The van der Waals surface area contributed by atoms with Crippen molar-refractivity contribution in [1.29, 1.82) is 0 Å². The van der Waals surface area contributed by atoms with Gasteiger partial charge in [-0.25, -0.2) is 0 Å². The molecule has 1 atom stereocenters. The SMILES string of the molecule is COC(=O)CCNC(=O)[C@@H]1O[PH](O)(NCCC(=O)OCc2ccccc2)OCC1(C)C. The van der Waals surface area contributed by atoms with Gasteiger partial charge in [0.05, 0.1) is 0 Å². The maximum absolute atomic E-state index is 12.5. The molecular weight excluding hydrogens is 427 g/mol. The van der Waals surface area contributed by atoms with Crippen molar-refractivity contribution in [2.75, 3.05) is 26.8 Å². The van der Waals surface area contributed by atoms with Gasteiger partial charge < -0.3 is 0 Å². The minimum absolute atomic E-state index is 0.00571. The van der Waals surface area contributed by atoms with Crippen molar-refractivity contribution < 1.29 is 37.8 Å². The van der Waals surface area contributed by atoms with Crippen LogP contribution < -0.4 is 10.4 Å². The Morgan fingerprint density at radius 3 is 2.52 bits per heavy atom. The van der Waals surface area contributed by atoms with Gasteiger partial charge in [0.2, 0.25) is 0 Å². The molecule has 0 saturated carbocycles. The third-order valence-electron chi connectivity index (χ3n) is 4.64. The summed E-state index contributed by atoms with van der Waals surface area (Å²) in [4.78, 5) is 46.3. The second-order valence-electron chi connectivity index (χ2n) is 7.80. The molecule has 0 radical (unpaired) electrons. The van der Waals surface area contributed by atoms with Crippen LogP contribution in [-0.2, 0) is 39.5 Å². The van der Waals surface area contributed by atoms with Crippen LogP contribution in [0.3, 0.4) is 0 Å². The van der Waals surface area contributed by atoms with Crippen LogP contribution in [0.25, 0.3) is 0 Å². The van der Waals surface area contributed by atoms with Crippen molar-refractivity contribution in [3.8, 4) is 0 Å². The Morgan fingerprint density at radius 2 is 1.84 bits per heavy atom. The van der Waals surface area contributed by atoms with E-state index in [1.165, 1.54) is 7.11 Å². The molecule has 31 heavy (non-hydrogen) atoms. The number of hydrogen-bond donors (Lipinski definition) is 3. The number of amides is 1. The predicted molar refractivity (Wildman–Crippen MR) is 114 cm³/mol. The third-order valence-corrected chi connectivity index (χ3v) is 6.43. The number of benzene rings is 1. The molecule has 2 rings (SSSR count). The Labute approximate surface area is 182 Å². The summed E-state index contributed by atoms with van der Waals surface area (Å²) in [6, 6.07) is 9.28. The fraction of sp³-hybridized carbons (Fsp3) is 0.550. The van der Waals surface area contributed by atoms with E-state index >= 15 is 0 Å². The molecule has 3 N–H and O–H groups in total. The first kappa shape index (κ1) is 25.2. The van der Waals surface area contributed by atoms with Crippen LogP contribution >= 0.6 is 8.09 Å². The molecule has 11 heteroatoms.